The molecule has 3 rings (SSSR count). The van der Waals surface area contributed by atoms with Gasteiger partial charge < -0.3 is 10.6 Å². The molecule has 1 atom stereocenters. The molecular formula is C22H21ClN4O3. The maximum absolute atomic E-state index is 12.7. The van der Waals surface area contributed by atoms with Gasteiger partial charge in [0.1, 0.15) is 5.69 Å². The second-order valence-corrected chi connectivity index (χ2v) is 7.09. The van der Waals surface area contributed by atoms with E-state index in [0.717, 1.165) is 5.56 Å². The van der Waals surface area contributed by atoms with E-state index in [9.17, 15) is 14.9 Å². The van der Waals surface area contributed by atoms with Crippen molar-refractivity contribution < 1.29 is 9.72 Å². The van der Waals surface area contributed by atoms with Crippen LogP contribution in [0, 0.1) is 10.1 Å². The van der Waals surface area contributed by atoms with Gasteiger partial charge in [-0.1, -0.05) is 48.9 Å². The first kappa shape index (κ1) is 21.3. The molecule has 7 nitrogen and oxygen atoms in total. The fourth-order valence-corrected chi connectivity index (χ4v) is 3.13. The first-order valence-electron chi connectivity index (χ1n) is 9.46. The van der Waals surface area contributed by atoms with Gasteiger partial charge in [-0.3, -0.25) is 19.9 Å². The number of hydrogen-bond acceptors (Lipinski definition) is 5. The van der Waals surface area contributed by atoms with E-state index >= 15 is 0 Å². The summed E-state index contributed by atoms with van der Waals surface area (Å²) in [5.41, 5.74) is 2.03. The molecule has 154 valence electrons. The summed E-state index contributed by atoms with van der Waals surface area (Å²) in [6.07, 6.45) is 2.21. The van der Waals surface area contributed by atoms with Crippen molar-refractivity contribution in [2.75, 3.05) is 5.32 Å². The van der Waals surface area contributed by atoms with Gasteiger partial charge in [-0.2, -0.15) is 0 Å². The van der Waals surface area contributed by atoms with Crippen molar-refractivity contribution in [2.45, 2.75) is 25.9 Å². The summed E-state index contributed by atoms with van der Waals surface area (Å²) >= 11 is 5.82. The zero-order valence-electron chi connectivity index (χ0n) is 16.3. The minimum Gasteiger partial charge on any atom is -0.374 e. The molecule has 0 aliphatic rings. The highest BCUT2D eigenvalue weighted by Gasteiger charge is 2.20. The molecule has 2 N–H and O–H groups in total. The number of hydrogen-bond donors (Lipinski definition) is 2. The number of nitrogens with one attached hydrogen (secondary N) is 2. The number of carbonyl (C=O) groups is 1. The van der Waals surface area contributed by atoms with Gasteiger partial charge in [0.05, 0.1) is 28.2 Å². The predicted molar refractivity (Wildman–Crippen MR) is 117 cm³/mol. The van der Waals surface area contributed by atoms with Crippen molar-refractivity contribution in [3.63, 3.8) is 0 Å². The van der Waals surface area contributed by atoms with Gasteiger partial charge in [0.25, 0.3) is 11.6 Å². The van der Waals surface area contributed by atoms with Gasteiger partial charge >= 0.3 is 0 Å². The molecule has 1 heterocycles. The van der Waals surface area contributed by atoms with Crippen LogP contribution in [0.1, 0.15) is 41.0 Å². The lowest BCUT2D eigenvalue weighted by Gasteiger charge is -2.17. The second kappa shape index (κ2) is 9.84. The van der Waals surface area contributed by atoms with Gasteiger partial charge in [0.15, 0.2) is 0 Å². The minimum absolute atomic E-state index is 0.175. The zero-order valence-corrected chi connectivity index (χ0v) is 17.1. The highest BCUT2D eigenvalue weighted by molar-refractivity contribution is 6.30. The van der Waals surface area contributed by atoms with Crippen LogP contribution in [0.15, 0.2) is 66.9 Å². The Hall–Kier alpha value is -3.45. The van der Waals surface area contributed by atoms with Crippen molar-refractivity contribution in [2.24, 2.45) is 0 Å². The summed E-state index contributed by atoms with van der Waals surface area (Å²) in [7, 11) is 0. The summed E-state index contributed by atoms with van der Waals surface area (Å²) < 4.78 is 0. The number of benzene rings is 2. The number of rotatable bonds is 8. The van der Waals surface area contributed by atoms with E-state index in [0.29, 0.717) is 22.8 Å². The van der Waals surface area contributed by atoms with Crippen LogP contribution in [-0.4, -0.2) is 15.8 Å². The molecule has 0 aliphatic heterocycles. The highest BCUT2D eigenvalue weighted by Crippen LogP contribution is 2.27. The molecule has 0 unspecified atom stereocenters. The van der Waals surface area contributed by atoms with E-state index in [1.54, 1.807) is 18.2 Å². The van der Waals surface area contributed by atoms with E-state index in [1.807, 2.05) is 37.3 Å². The number of halogens is 1. The molecule has 0 fully saturated rings. The fraction of sp³-hybridized carbons (Fsp3) is 0.182. The van der Waals surface area contributed by atoms with Gasteiger partial charge in [-0.25, -0.2) is 0 Å². The first-order chi connectivity index (χ1) is 14.5. The lowest BCUT2D eigenvalue weighted by atomic mass is 10.0. The van der Waals surface area contributed by atoms with Crippen molar-refractivity contribution in [3.05, 3.63) is 98.8 Å². The normalized spacial score (nSPS) is 11.5. The number of aromatic nitrogens is 1. The topological polar surface area (TPSA) is 97.2 Å². The molecule has 2 aromatic carbocycles. The van der Waals surface area contributed by atoms with Crippen LogP contribution >= 0.6 is 11.6 Å². The second-order valence-electron chi connectivity index (χ2n) is 6.66. The standard InChI is InChI=1S/C22H21ClN4O3/c1-2-19(15-6-4-3-5-7-15)26-22(28)16-8-11-20(21(12-16)27(29)30)25-14-18-10-9-17(23)13-24-18/h3-13,19,25H,2,14H2,1H3,(H,26,28)/t19-/m1/s1. The minimum atomic E-state index is -0.511. The molecule has 0 saturated heterocycles. The molecule has 1 aromatic heterocycles. The number of nitrogens with zero attached hydrogens (tertiary/aromatic N) is 2. The molecule has 30 heavy (non-hydrogen) atoms. The lowest BCUT2D eigenvalue weighted by molar-refractivity contribution is -0.384. The van der Waals surface area contributed by atoms with Crippen molar-refractivity contribution in [1.29, 1.82) is 0 Å². The Balaban J connectivity index is 1.75. The Bertz CT molecular complexity index is 1030. The largest absolute Gasteiger partial charge is 0.374 e. The number of nitro groups is 1. The average molecular weight is 425 g/mol. The molecule has 0 aliphatic carbocycles. The molecule has 0 saturated carbocycles. The number of amides is 1. The SMILES string of the molecule is CC[C@@H](NC(=O)c1ccc(NCc2ccc(Cl)cn2)c([N+](=O)[O-])c1)c1ccccc1. The van der Waals surface area contributed by atoms with E-state index in [4.69, 9.17) is 11.6 Å². The van der Waals surface area contributed by atoms with Crippen molar-refractivity contribution in [3.8, 4) is 0 Å². The van der Waals surface area contributed by atoms with Crippen molar-refractivity contribution >= 4 is 28.9 Å². The zero-order chi connectivity index (χ0) is 21.5. The molecule has 0 spiro atoms. The van der Waals surface area contributed by atoms with Gasteiger partial charge in [-0.05, 0) is 36.2 Å². The van der Waals surface area contributed by atoms with Crippen LogP contribution < -0.4 is 10.6 Å². The van der Waals surface area contributed by atoms with Gasteiger partial charge in [0, 0.05) is 17.8 Å². The molecule has 1 amide bonds. The first-order valence-corrected chi connectivity index (χ1v) is 9.84. The van der Waals surface area contributed by atoms with E-state index < -0.39 is 4.92 Å². The highest BCUT2D eigenvalue weighted by atomic mass is 35.5. The van der Waals surface area contributed by atoms with Gasteiger partial charge in [0.2, 0.25) is 0 Å². The van der Waals surface area contributed by atoms with E-state index in [-0.39, 0.29) is 29.7 Å². The van der Waals surface area contributed by atoms with Crippen LogP contribution in [-0.2, 0) is 6.54 Å². The monoisotopic (exact) mass is 424 g/mol. The summed E-state index contributed by atoms with van der Waals surface area (Å²) in [4.78, 5) is 27.9. The van der Waals surface area contributed by atoms with Crippen LogP contribution in [0.25, 0.3) is 0 Å². The van der Waals surface area contributed by atoms with Crippen LogP contribution in [0.3, 0.4) is 0 Å². The Morgan fingerprint density at radius 3 is 2.57 bits per heavy atom. The Kier molecular flexibility index (Phi) is 6.98. The summed E-state index contributed by atoms with van der Waals surface area (Å²) in [6, 6.07) is 17.2. The summed E-state index contributed by atoms with van der Waals surface area (Å²) in [6.45, 7) is 2.26. The third-order valence-corrected chi connectivity index (χ3v) is 4.84. The average Bonchev–Trinajstić information content (AvgIpc) is 2.77. The molecular weight excluding hydrogens is 404 g/mol. The Morgan fingerprint density at radius 2 is 1.93 bits per heavy atom. The fourth-order valence-electron chi connectivity index (χ4n) is 3.02. The summed E-state index contributed by atoms with van der Waals surface area (Å²) in [5.74, 6) is -0.361. The lowest BCUT2D eigenvalue weighted by Crippen LogP contribution is -2.28. The molecule has 8 heteroatoms. The predicted octanol–water partition coefficient (Wildman–Crippen LogP) is 5.14. The maximum Gasteiger partial charge on any atom is 0.293 e. The van der Waals surface area contributed by atoms with Crippen molar-refractivity contribution in [1.82, 2.24) is 10.3 Å². The Labute approximate surface area is 179 Å². The molecule has 3 aromatic rings. The van der Waals surface area contributed by atoms with Crippen LogP contribution in [0.2, 0.25) is 5.02 Å². The number of anilines is 1. The smallest absolute Gasteiger partial charge is 0.293 e. The molecule has 0 bridgehead atoms. The van der Waals surface area contributed by atoms with Crippen LogP contribution in [0.4, 0.5) is 11.4 Å². The summed E-state index contributed by atoms with van der Waals surface area (Å²) in [5, 5.41) is 18.0. The number of pyridine rings is 1. The van der Waals surface area contributed by atoms with E-state index in [2.05, 4.69) is 15.6 Å². The number of carbonyl (C=O) groups excluding carboxylic acids is 1. The molecule has 0 radical (unpaired) electrons. The third kappa shape index (κ3) is 5.33. The quantitative estimate of drug-likeness (QED) is 0.385. The van der Waals surface area contributed by atoms with Crippen LogP contribution in [0.5, 0.6) is 0 Å². The number of nitro benzene ring substituents is 1. The Morgan fingerprint density at radius 1 is 1.17 bits per heavy atom. The maximum atomic E-state index is 12.7. The van der Waals surface area contributed by atoms with Gasteiger partial charge in [-0.15, -0.1) is 0 Å². The third-order valence-electron chi connectivity index (χ3n) is 4.62. The van der Waals surface area contributed by atoms with E-state index in [1.165, 1.54) is 18.3 Å².